The minimum absolute atomic E-state index is 0.0433. The maximum absolute atomic E-state index is 13.6. The maximum atomic E-state index is 13.6. The number of hydrogen-bond donors (Lipinski definition) is 0. The third-order valence-corrected chi connectivity index (χ3v) is 6.22. The number of halogens is 1. The molecule has 3 amide bonds. The number of nitrogens with zero attached hydrogens (tertiary/aromatic N) is 2. The van der Waals surface area contributed by atoms with Crippen LogP contribution in [0.5, 0.6) is 0 Å². The average Bonchev–Trinajstić information content (AvgIpc) is 3.07. The van der Waals surface area contributed by atoms with Crippen LogP contribution in [-0.2, 0) is 16.1 Å². The van der Waals surface area contributed by atoms with E-state index in [2.05, 4.69) is 15.9 Å². The van der Waals surface area contributed by atoms with Crippen molar-refractivity contribution in [2.24, 2.45) is 0 Å². The number of aryl methyl sites for hydroxylation is 2. The highest BCUT2D eigenvalue weighted by molar-refractivity contribution is 9.10. The smallest absolute Gasteiger partial charge is 0.257 e. The van der Waals surface area contributed by atoms with Gasteiger partial charge in [0.2, 0.25) is 5.91 Å². The van der Waals surface area contributed by atoms with Crippen LogP contribution in [-0.4, -0.2) is 28.7 Å². The van der Waals surface area contributed by atoms with Gasteiger partial charge in [0.1, 0.15) is 6.04 Å². The molecule has 0 bridgehead atoms. The summed E-state index contributed by atoms with van der Waals surface area (Å²) in [6, 6.07) is 21.3. The highest BCUT2D eigenvalue weighted by Gasteiger charge is 2.44. The van der Waals surface area contributed by atoms with Gasteiger partial charge in [0, 0.05) is 16.6 Å². The first-order valence-electron chi connectivity index (χ1n) is 10.4. The second-order valence-electron chi connectivity index (χ2n) is 8.00. The van der Waals surface area contributed by atoms with E-state index in [1.807, 2.05) is 50.2 Å². The summed E-state index contributed by atoms with van der Waals surface area (Å²) in [7, 11) is 0. The van der Waals surface area contributed by atoms with Gasteiger partial charge in [-0.25, -0.2) is 4.90 Å². The Bertz CT molecular complexity index is 1170. The molecule has 4 rings (SSSR count). The third kappa shape index (κ3) is 4.36. The summed E-state index contributed by atoms with van der Waals surface area (Å²) in [6.45, 7) is 4.10. The molecule has 162 valence electrons. The molecule has 3 aromatic carbocycles. The van der Waals surface area contributed by atoms with E-state index < -0.39 is 6.04 Å². The summed E-state index contributed by atoms with van der Waals surface area (Å²) < 4.78 is 0.854. The lowest BCUT2D eigenvalue weighted by Crippen LogP contribution is -2.45. The van der Waals surface area contributed by atoms with Gasteiger partial charge in [0.25, 0.3) is 11.8 Å². The molecule has 0 spiro atoms. The Morgan fingerprint density at radius 2 is 1.62 bits per heavy atom. The van der Waals surface area contributed by atoms with Crippen LogP contribution in [0.1, 0.15) is 33.5 Å². The molecule has 32 heavy (non-hydrogen) atoms. The molecule has 0 radical (unpaired) electrons. The highest BCUT2D eigenvalue weighted by atomic mass is 79.9. The summed E-state index contributed by atoms with van der Waals surface area (Å²) in [4.78, 5) is 42.6. The Kier molecular flexibility index (Phi) is 6.24. The number of amides is 3. The summed E-state index contributed by atoms with van der Waals surface area (Å²) >= 11 is 3.37. The highest BCUT2D eigenvalue weighted by Crippen LogP contribution is 2.29. The van der Waals surface area contributed by atoms with Gasteiger partial charge in [-0.15, -0.1) is 0 Å². The molecule has 1 unspecified atom stereocenters. The summed E-state index contributed by atoms with van der Waals surface area (Å²) in [5.74, 6) is -0.951. The molecule has 0 aromatic heterocycles. The van der Waals surface area contributed by atoms with E-state index in [1.165, 1.54) is 9.80 Å². The monoisotopic (exact) mass is 490 g/mol. The zero-order valence-electron chi connectivity index (χ0n) is 17.9. The van der Waals surface area contributed by atoms with Crippen LogP contribution in [0.25, 0.3) is 0 Å². The van der Waals surface area contributed by atoms with E-state index in [9.17, 15) is 14.4 Å². The van der Waals surface area contributed by atoms with Crippen LogP contribution in [0.2, 0.25) is 0 Å². The largest absolute Gasteiger partial charge is 0.322 e. The molecule has 6 heteroatoms. The van der Waals surface area contributed by atoms with Crippen LogP contribution < -0.4 is 4.90 Å². The van der Waals surface area contributed by atoms with Crippen molar-refractivity contribution in [1.29, 1.82) is 0 Å². The van der Waals surface area contributed by atoms with Gasteiger partial charge in [0.05, 0.1) is 12.1 Å². The van der Waals surface area contributed by atoms with Crippen molar-refractivity contribution in [2.75, 3.05) is 4.90 Å². The van der Waals surface area contributed by atoms with Crippen molar-refractivity contribution < 1.29 is 14.4 Å². The zero-order chi connectivity index (χ0) is 22.8. The number of benzene rings is 3. The van der Waals surface area contributed by atoms with Crippen LogP contribution in [0, 0.1) is 13.8 Å². The van der Waals surface area contributed by atoms with Crippen LogP contribution in [0.15, 0.2) is 77.3 Å². The van der Waals surface area contributed by atoms with Crippen molar-refractivity contribution >= 4 is 39.3 Å². The Balaban J connectivity index is 1.70. The second kappa shape index (κ2) is 9.09. The summed E-state index contributed by atoms with van der Waals surface area (Å²) in [5.41, 5.74) is 3.87. The first-order chi connectivity index (χ1) is 15.3. The fraction of sp³-hybridized carbons (Fsp3) is 0.192. The van der Waals surface area contributed by atoms with Crippen molar-refractivity contribution in [3.63, 3.8) is 0 Å². The summed E-state index contributed by atoms with van der Waals surface area (Å²) in [5, 5.41) is 0. The van der Waals surface area contributed by atoms with Crippen LogP contribution >= 0.6 is 15.9 Å². The Morgan fingerprint density at radius 1 is 0.969 bits per heavy atom. The predicted octanol–water partition coefficient (Wildman–Crippen LogP) is 5.04. The molecule has 0 aliphatic carbocycles. The third-order valence-electron chi connectivity index (χ3n) is 5.69. The molecule has 0 N–H and O–H groups in total. The van der Waals surface area contributed by atoms with Crippen molar-refractivity contribution in [2.45, 2.75) is 32.9 Å². The minimum atomic E-state index is -0.862. The molecule has 1 atom stereocenters. The van der Waals surface area contributed by atoms with Gasteiger partial charge in [-0.1, -0.05) is 64.0 Å². The Hall–Kier alpha value is -3.25. The molecular weight excluding hydrogens is 468 g/mol. The quantitative estimate of drug-likeness (QED) is 0.470. The Labute approximate surface area is 195 Å². The maximum Gasteiger partial charge on any atom is 0.257 e. The molecule has 1 fully saturated rings. The predicted molar refractivity (Wildman–Crippen MR) is 127 cm³/mol. The molecule has 0 saturated carbocycles. The lowest BCUT2D eigenvalue weighted by molar-refractivity contribution is -0.122. The van der Waals surface area contributed by atoms with E-state index in [0.717, 1.165) is 21.2 Å². The Morgan fingerprint density at radius 3 is 2.28 bits per heavy atom. The lowest BCUT2D eigenvalue weighted by atomic mass is 10.0. The number of rotatable bonds is 5. The molecule has 3 aromatic rings. The van der Waals surface area contributed by atoms with Crippen molar-refractivity contribution in [3.8, 4) is 0 Å². The number of carbonyl (C=O) groups is 3. The fourth-order valence-electron chi connectivity index (χ4n) is 3.90. The van der Waals surface area contributed by atoms with Gasteiger partial charge in [-0.2, -0.15) is 0 Å². The van der Waals surface area contributed by atoms with Gasteiger partial charge in [0.15, 0.2) is 0 Å². The molecule has 5 nitrogen and oxygen atoms in total. The van der Waals surface area contributed by atoms with E-state index in [4.69, 9.17) is 0 Å². The van der Waals surface area contributed by atoms with Crippen LogP contribution in [0.4, 0.5) is 5.69 Å². The minimum Gasteiger partial charge on any atom is -0.322 e. The van der Waals surface area contributed by atoms with E-state index in [-0.39, 0.29) is 30.7 Å². The number of anilines is 1. The second-order valence-corrected chi connectivity index (χ2v) is 8.91. The van der Waals surface area contributed by atoms with Gasteiger partial charge in [-0.05, 0) is 55.3 Å². The normalized spacial score (nSPS) is 15.8. The number of carbonyl (C=O) groups excluding carboxylic acids is 3. The van der Waals surface area contributed by atoms with Crippen molar-refractivity contribution in [1.82, 2.24) is 4.90 Å². The van der Waals surface area contributed by atoms with E-state index in [0.29, 0.717) is 11.3 Å². The molecule has 1 heterocycles. The van der Waals surface area contributed by atoms with Gasteiger partial charge >= 0.3 is 0 Å². The molecular formula is C26H23BrN2O3. The van der Waals surface area contributed by atoms with Gasteiger partial charge < -0.3 is 4.90 Å². The van der Waals surface area contributed by atoms with Gasteiger partial charge in [-0.3, -0.25) is 14.4 Å². The zero-order valence-corrected chi connectivity index (χ0v) is 19.5. The van der Waals surface area contributed by atoms with E-state index in [1.54, 1.807) is 36.4 Å². The first-order valence-corrected chi connectivity index (χ1v) is 11.2. The van der Waals surface area contributed by atoms with E-state index >= 15 is 0 Å². The average molecular weight is 491 g/mol. The molecule has 1 saturated heterocycles. The summed E-state index contributed by atoms with van der Waals surface area (Å²) in [6.07, 6.45) is -0.0433. The topological polar surface area (TPSA) is 57.7 Å². The molecule has 1 aliphatic rings. The standard InChI is InChI=1S/C26H23BrN2O3/c1-17-7-9-19(10-8-17)16-28(25(31)22-6-4-3-5-18(22)2)23-15-24(30)29(26(23)32)21-13-11-20(27)12-14-21/h3-14,23H,15-16H2,1-2H3. The molecule has 1 aliphatic heterocycles. The first kappa shape index (κ1) is 22.0. The fourth-order valence-corrected chi connectivity index (χ4v) is 4.17. The van der Waals surface area contributed by atoms with Crippen molar-refractivity contribution in [3.05, 3.63) is 99.5 Å². The van der Waals surface area contributed by atoms with Crippen LogP contribution in [0.3, 0.4) is 0 Å². The number of hydrogen-bond acceptors (Lipinski definition) is 3. The lowest BCUT2D eigenvalue weighted by Gasteiger charge is -2.28. The SMILES string of the molecule is Cc1ccc(CN(C(=O)c2ccccc2C)C2CC(=O)N(c3ccc(Br)cc3)C2=O)cc1. The number of imide groups is 1.